The normalized spacial score (nSPS) is 22.4. The van der Waals surface area contributed by atoms with Gasteiger partial charge in [-0.1, -0.05) is 6.07 Å². The highest BCUT2D eigenvalue weighted by Gasteiger charge is 2.32. The maximum Gasteiger partial charge on any atom is 0.151 e. The summed E-state index contributed by atoms with van der Waals surface area (Å²) in [6.45, 7) is 4.51. The number of aromatic nitrogens is 2. The summed E-state index contributed by atoms with van der Waals surface area (Å²) in [6.07, 6.45) is 6.83. The van der Waals surface area contributed by atoms with Gasteiger partial charge in [0, 0.05) is 50.6 Å². The molecule has 3 N–H and O–H groups in total. The van der Waals surface area contributed by atoms with Gasteiger partial charge in [-0.05, 0) is 63.6 Å². The number of nitriles is 1. The molecule has 1 aliphatic heterocycles. The van der Waals surface area contributed by atoms with E-state index in [0.29, 0.717) is 80.2 Å². The van der Waals surface area contributed by atoms with Crippen molar-refractivity contribution < 1.29 is 13.9 Å². The number of hydrogen-bond donors (Lipinski definition) is 3. The first-order valence-corrected chi connectivity index (χ1v) is 12.9. The van der Waals surface area contributed by atoms with Crippen molar-refractivity contribution >= 4 is 11.6 Å². The second-order valence-corrected chi connectivity index (χ2v) is 10.0. The molecule has 0 radical (unpaired) electrons. The maximum absolute atomic E-state index is 14.8. The fourth-order valence-electron chi connectivity index (χ4n) is 5.06. The number of ether oxygens (including phenoxy) is 2. The molecule has 2 aliphatic rings. The standard InChI is InChI=1S/C27H37FN6O2/c1-19(16-35-2)32-20-6-8-21(9-7-20)33-26-14-22(23(28)15-30-26)24-4-3-5-25(34-24)31-18-27(17-29)10-12-36-13-11-27/h3-5,14-15,19-21,32H,6-13,16,18H2,1-2H3,(H,30,33)(H,31,34)/t19-,20-,21-/m1/s1. The first kappa shape index (κ1) is 26.3. The number of hydrogen-bond acceptors (Lipinski definition) is 8. The van der Waals surface area contributed by atoms with Gasteiger partial charge >= 0.3 is 0 Å². The molecule has 2 aromatic heterocycles. The van der Waals surface area contributed by atoms with Crippen molar-refractivity contribution in [1.82, 2.24) is 15.3 Å². The van der Waals surface area contributed by atoms with Crippen LogP contribution in [0.2, 0.25) is 0 Å². The van der Waals surface area contributed by atoms with Crippen molar-refractivity contribution in [2.75, 3.05) is 44.1 Å². The quantitative estimate of drug-likeness (QED) is 0.446. The van der Waals surface area contributed by atoms with Crippen LogP contribution in [-0.2, 0) is 9.47 Å². The number of nitrogens with zero attached hydrogens (tertiary/aromatic N) is 3. The highest BCUT2D eigenvalue weighted by atomic mass is 19.1. The first-order valence-electron chi connectivity index (χ1n) is 12.9. The molecule has 4 rings (SSSR count). The molecule has 1 saturated heterocycles. The Morgan fingerprint density at radius 3 is 2.67 bits per heavy atom. The van der Waals surface area contributed by atoms with Crippen molar-refractivity contribution in [3.05, 3.63) is 36.3 Å². The summed E-state index contributed by atoms with van der Waals surface area (Å²) in [6, 6.07) is 10.8. The molecule has 2 fully saturated rings. The fourth-order valence-corrected chi connectivity index (χ4v) is 5.06. The zero-order chi connectivity index (χ0) is 25.4. The van der Waals surface area contributed by atoms with Crippen LogP contribution in [0.15, 0.2) is 30.5 Å². The van der Waals surface area contributed by atoms with Crippen molar-refractivity contribution in [3.8, 4) is 17.3 Å². The highest BCUT2D eigenvalue weighted by molar-refractivity contribution is 5.65. The Morgan fingerprint density at radius 1 is 1.19 bits per heavy atom. The lowest BCUT2D eigenvalue weighted by Gasteiger charge is -2.31. The number of methoxy groups -OCH3 is 1. The summed E-state index contributed by atoms with van der Waals surface area (Å²) < 4.78 is 25.4. The van der Waals surface area contributed by atoms with Crippen LogP contribution in [-0.4, -0.2) is 61.6 Å². The molecule has 0 amide bonds. The van der Waals surface area contributed by atoms with Crippen LogP contribution >= 0.6 is 0 Å². The third-order valence-corrected chi connectivity index (χ3v) is 7.19. The van der Waals surface area contributed by atoms with Crippen LogP contribution in [0.3, 0.4) is 0 Å². The van der Waals surface area contributed by atoms with Gasteiger partial charge in [0.2, 0.25) is 0 Å². The molecular weight excluding hydrogens is 459 g/mol. The van der Waals surface area contributed by atoms with Crippen LogP contribution in [0.25, 0.3) is 11.3 Å². The van der Waals surface area contributed by atoms with E-state index in [1.807, 2.05) is 12.1 Å². The molecule has 0 spiro atoms. The van der Waals surface area contributed by atoms with Gasteiger partial charge in [-0.15, -0.1) is 0 Å². The summed E-state index contributed by atoms with van der Waals surface area (Å²) >= 11 is 0. The number of anilines is 2. The molecule has 36 heavy (non-hydrogen) atoms. The molecule has 0 unspecified atom stereocenters. The molecule has 9 heteroatoms. The zero-order valence-electron chi connectivity index (χ0n) is 21.2. The van der Waals surface area contributed by atoms with Crippen LogP contribution < -0.4 is 16.0 Å². The molecular formula is C27H37FN6O2. The topological polar surface area (TPSA) is 104 Å². The number of halogens is 1. The van der Waals surface area contributed by atoms with Crippen LogP contribution in [0.1, 0.15) is 45.4 Å². The molecule has 194 valence electrons. The Kier molecular flexibility index (Phi) is 9.08. The first-order chi connectivity index (χ1) is 17.5. The smallest absolute Gasteiger partial charge is 0.151 e. The minimum absolute atomic E-state index is 0.300. The molecule has 1 atom stereocenters. The second kappa shape index (κ2) is 12.4. The third-order valence-electron chi connectivity index (χ3n) is 7.19. The molecule has 0 bridgehead atoms. The van der Waals surface area contributed by atoms with Gasteiger partial charge in [0.05, 0.1) is 30.0 Å². The maximum atomic E-state index is 14.8. The van der Waals surface area contributed by atoms with Gasteiger partial charge in [0.25, 0.3) is 0 Å². The SMILES string of the molecule is COC[C@@H](C)N[C@H]1CC[C@H](Nc2cc(-c3cccc(NCC4(C#N)CCOCC4)n3)c(F)cn2)CC1. The van der Waals surface area contributed by atoms with Crippen LogP contribution in [0, 0.1) is 22.6 Å². The van der Waals surface area contributed by atoms with Crippen molar-refractivity contribution in [2.45, 2.75) is 63.6 Å². The predicted molar refractivity (Wildman–Crippen MR) is 138 cm³/mol. The van der Waals surface area contributed by atoms with E-state index in [2.05, 4.69) is 38.9 Å². The van der Waals surface area contributed by atoms with Gasteiger partial charge in [-0.25, -0.2) is 14.4 Å². The molecule has 1 aliphatic carbocycles. The van der Waals surface area contributed by atoms with E-state index in [1.165, 1.54) is 6.20 Å². The number of nitrogens with one attached hydrogen (secondary N) is 3. The van der Waals surface area contributed by atoms with E-state index in [1.54, 1.807) is 19.2 Å². The van der Waals surface area contributed by atoms with E-state index in [0.717, 1.165) is 25.7 Å². The molecule has 0 aromatic carbocycles. The fraction of sp³-hybridized carbons (Fsp3) is 0.593. The average Bonchev–Trinajstić information content (AvgIpc) is 2.90. The number of rotatable bonds is 10. The van der Waals surface area contributed by atoms with Gasteiger partial charge in [-0.2, -0.15) is 5.26 Å². The molecule has 3 heterocycles. The minimum Gasteiger partial charge on any atom is -0.383 e. The van der Waals surface area contributed by atoms with Gasteiger partial charge in [0.15, 0.2) is 5.82 Å². The van der Waals surface area contributed by atoms with Crippen molar-refractivity contribution in [2.24, 2.45) is 5.41 Å². The van der Waals surface area contributed by atoms with E-state index in [-0.39, 0.29) is 0 Å². The lowest BCUT2D eigenvalue weighted by atomic mass is 9.82. The van der Waals surface area contributed by atoms with Gasteiger partial charge < -0.3 is 25.4 Å². The van der Waals surface area contributed by atoms with Gasteiger partial charge in [0.1, 0.15) is 11.6 Å². The Morgan fingerprint density at radius 2 is 1.94 bits per heavy atom. The second-order valence-electron chi connectivity index (χ2n) is 10.0. The zero-order valence-corrected chi connectivity index (χ0v) is 21.2. The summed E-state index contributed by atoms with van der Waals surface area (Å²) in [4.78, 5) is 8.91. The summed E-state index contributed by atoms with van der Waals surface area (Å²) in [5.41, 5.74) is 0.465. The predicted octanol–water partition coefficient (Wildman–Crippen LogP) is 4.36. The largest absolute Gasteiger partial charge is 0.383 e. The van der Waals surface area contributed by atoms with E-state index in [9.17, 15) is 9.65 Å². The summed E-state index contributed by atoms with van der Waals surface area (Å²) in [5, 5.41) is 20.1. The molecule has 8 nitrogen and oxygen atoms in total. The van der Waals surface area contributed by atoms with E-state index < -0.39 is 11.2 Å². The lowest BCUT2D eigenvalue weighted by Crippen LogP contribution is -2.42. The average molecular weight is 497 g/mol. The Hall–Kier alpha value is -2.80. The van der Waals surface area contributed by atoms with Crippen LogP contribution in [0.4, 0.5) is 16.0 Å². The highest BCUT2D eigenvalue weighted by Crippen LogP contribution is 2.31. The number of pyridine rings is 2. The van der Waals surface area contributed by atoms with E-state index in [4.69, 9.17) is 9.47 Å². The summed E-state index contributed by atoms with van der Waals surface area (Å²) in [7, 11) is 1.72. The van der Waals surface area contributed by atoms with Gasteiger partial charge in [-0.3, -0.25) is 0 Å². The monoisotopic (exact) mass is 496 g/mol. The Bertz CT molecular complexity index is 1030. The van der Waals surface area contributed by atoms with Crippen molar-refractivity contribution in [3.63, 3.8) is 0 Å². The third kappa shape index (κ3) is 6.90. The van der Waals surface area contributed by atoms with E-state index >= 15 is 0 Å². The summed E-state index contributed by atoms with van der Waals surface area (Å²) in [5.74, 6) is 0.859. The van der Waals surface area contributed by atoms with Crippen molar-refractivity contribution in [1.29, 1.82) is 5.26 Å². The molecule has 1 saturated carbocycles. The minimum atomic E-state index is -0.467. The Balaban J connectivity index is 1.37. The Labute approximate surface area is 213 Å². The lowest BCUT2D eigenvalue weighted by molar-refractivity contribution is 0.0455. The van der Waals surface area contributed by atoms with Crippen LogP contribution in [0.5, 0.6) is 0 Å². The molecule has 2 aromatic rings.